The number of hydrogen-bond donors (Lipinski definition) is 1. The van der Waals surface area contributed by atoms with Gasteiger partial charge >= 0.3 is 0 Å². The number of nitrogens with one attached hydrogen (secondary N) is 1. The molecule has 2 unspecified atom stereocenters. The molecule has 1 saturated carbocycles. The summed E-state index contributed by atoms with van der Waals surface area (Å²) < 4.78 is 19.3. The molecule has 0 bridgehead atoms. The Morgan fingerprint density at radius 2 is 2.32 bits per heavy atom. The Morgan fingerprint density at radius 3 is 2.95 bits per heavy atom. The van der Waals surface area contributed by atoms with Crippen LogP contribution in [0.3, 0.4) is 0 Å². The summed E-state index contributed by atoms with van der Waals surface area (Å²) in [5.41, 5.74) is 0.101. The summed E-state index contributed by atoms with van der Waals surface area (Å²) in [6, 6.07) is 7.24. The third kappa shape index (κ3) is 3.05. The molecule has 2 atom stereocenters. The minimum absolute atomic E-state index is 0.0389. The summed E-state index contributed by atoms with van der Waals surface area (Å²) in [6.45, 7) is 1.72. The van der Waals surface area contributed by atoms with E-state index < -0.39 is 5.54 Å². The molecule has 0 saturated heterocycles. The van der Waals surface area contributed by atoms with Crippen molar-refractivity contribution in [3.8, 4) is 11.8 Å². The highest BCUT2D eigenvalue weighted by atomic mass is 19.1. The van der Waals surface area contributed by atoms with Crippen molar-refractivity contribution in [1.29, 1.82) is 5.26 Å². The summed E-state index contributed by atoms with van der Waals surface area (Å²) in [6.07, 6.45) is 3.27. The maximum atomic E-state index is 13.5. The zero-order valence-electron chi connectivity index (χ0n) is 11.4. The predicted molar refractivity (Wildman–Crippen MR) is 71.4 cm³/mol. The van der Waals surface area contributed by atoms with Gasteiger partial charge < -0.3 is 10.1 Å². The van der Waals surface area contributed by atoms with E-state index in [1.54, 1.807) is 26.1 Å². The van der Waals surface area contributed by atoms with Crippen LogP contribution >= 0.6 is 0 Å². The van der Waals surface area contributed by atoms with Gasteiger partial charge in [0.25, 0.3) is 0 Å². The van der Waals surface area contributed by atoms with Gasteiger partial charge in [0.2, 0.25) is 0 Å². The summed E-state index contributed by atoms with van der Waals surface area (Å²) >= 11 is 0. The zero-order chi connectivity index (χ0) is 13.9. The Bertz CT molecular complexity index is 497. The first kappa shape index (κ1) is 13.8. The lowest BCUT2D eigenvalue weighted by molar-refractivity contribution is 0.115. The third-order valence-corrected chi connectivity index (χ3v) is 3.84. The number of halogens is 1. The van der Waals surface area contributed by atoms with E-state index in [1.165, 1.54) is 6.07 Å². The largest absolute Gasteiger partial charge is 0.490 e. The molecular formula is C15H19FN2O. The van der Waals surface area contributed by atoms with Crippen molar-refractivity contribution in [1.82, 2.24) is 5.32 Å². The van der Waals surface area contributed by atoms with Crippen LogP contribution in [0.15, 0.2) is 18.2 Å². The van der Waals surface area contributed by atoms with Gasteiger partial charge in [-0.05, 0) is 44.9 Å². The summed E-state index contributed by atoms with van der Waals surface area (Å²) in [5, 5.41) is 12.4. The molecule has 3 nitrogen and oxygen atoms in total. The Balaban J connectivity index is 2.07. The second kappa shape index (κ2) is 5.58. The van der Waals surface area contributed by atoms with Gasteiger partial charge in [0.15, 0.2) is 0 Å². The topological polar surface area (TPSA) is 45.0 Å². The highest BCUT2D eigenvalue weighted by molar-refractivity contribution is 5.28. The SMILES string of the molecule is CNC1(C#N)CCCC(Oc2ccc(C)c(F)c2)C1. The van der Waals surface area contributed by atoms with Crippen molar-refractivity contribution in [2.75, 3.05) is 7.05 Å². The van der Waals surface area contributed by atoms with Crippen LogP contribution in [0.25, 0.3) is 0 Å². The van der Waals surface area contributed by atoms with Crippen molar-refractivity contribution in [3.63, 3.8) is 0 Å². The molecule has 0 spiro atoms. The number of aryl methyl sites for hydroxylation is 1. The maximum absolute atomic E-state index is 13.5. The number of nitrogens with zero attached hydrogens (tertiary/aromatic N) is 1. The molecule has 1 aliphatic carbocycles. The monoisotopic (exact) mass is 262 g/mol. The lowest BCUT2D eigenvalue weighted by atomic mass is 9.81. The second-order valence-corrected chi connectivity index (χ2v) is 5.19. The van der Waals surface area contributed by atoms with E-state index >= 15 is 0 Å². The molecule has 1 aromatic carbocycles. The molecule has 0 aliphatic heterocycles. The first-order valence-electron chi connectivity index (χ1n) is 6.61. The molecule has 1 aromatic rings. The predicted octanol–water partition coefficient (Wildman–Crippen LogP) is 2.94. The van der Waals surface area contributed by atoms with Crippen LogP contribution in [-0.4, -0.2) is 18.7 Å². The van der Waals surface area contributed by atoms with E-state index in [4.69, 9.17) is 4.74 Å². The van der Waals surface area contributed by atoms with Gasteiger partial charge in [-0.15, -0.1) is 0 Å². The second-order valence-electron chi connectivity index (χ2n) is 5.19. The van der Waals surface area contributed by atoms with E-state index in [0.717, 1.165) is 19.3 Å². The zero-order valence-corrected chi connectivity index (χ0v) is 11.4. The van der Waals surface area contributed by atoms with Crippen molar-refractivity contribution >= 4 is 0 Å². The minimum atomic E-state index is -0.508. The lowest BCUT2D eigenvalue weighted by Crippen LogP contribution is -2.48. The third-order valence-electron chi connectivity index (χ3n) is 3.84. The first-order valence-corrected chi connectivity index (χ1v) is 6.61. The molecule has 0 amide bonds. The average Bonchev–Trinajstić information content (AvgIpc) is 2.43. The number of nitriles is 1. The van der Waals surface area contributed by atoms with E-state index in [0.29, 0.717) is 17.7 Å². The van der Waals surface area contributed by atoms with Crippen molar-refractivity contribution < 1.29 is 9.13 Å². The highest BCUT2D eigenvalue weighted by Gasteiger charge is 2.36. The van der Waals surface area contributed by atoms with Crippen LogP contribution in [0.2, 0.25) is 0 Å². The Labute approximate surface area is 113 Å². The van der Waals surface area contributed by atoms with Crippen LogP contribution in [-0.2, 0) is 0 Å². The quantitative estimate of drug-likeness (QED) is 0.911. The standard InChI is InChI=1S/C15H19FN2O/c1-11-5-6-12(8-14(11)16)19-13-4-3-7-15(9-13,10-17)18-2/h5-6,8,13,18H,3-4,7,9H2,1-2H3. The molecule has 0 heterocycles. The van der Waals surface area contributed by atoms with Gasteiger partial charge in [0.1, 0.15) is 23.2 Å². The van der Waals surface area contributed by atoms with Crippen molar-refractivity contribution in [2.24, 2.45) is 0 Å². The molecular weight excluding hydrogens is 243 g/mol. The molecule has 1 fully saturated rings. The van der Waals surface area contributed by atoms with Gasteiger partial charge in [-0.25, -0.2) is 4.39 Å². The van der Waals surface area contributed by atoms with Crippen LogP contribution in [0.4, 0.5) is 4.39 Å². The van der Waals surface area contributed by atoms with Gasteiger partial charge in [0.05, 0.1) is 6.07 Å². The number of benzene rings is 1. The van der Waals surface area contributed by atoms with Crippen LogP contribution in [0, 0.1) is 24.1 Å². The molecule has 0 radical (unpaired) electrons. The van der Waals surface area contributed by atoms with E-state index in [2.05, 4.69) is 11.4 Å². The van der Waals surface area contributed by atoms with E-state index in [9.17, 15) is 9.65 Å². The van der Waals surface area contributed by atoms with Gasteiger partial charge in [0, 0.05) is 12.5 Å². The maximum Gasteiger partial charge on any atom is 0.129 e. The Hall–Kier alpha value is -1.60. The Kier molecular flexibility index (Phi) is 4.06. The van der Waals surface area contributed by atoms with Gasteiger partial charge in [-0.3, -0.25) is 0 Å². The highest BCUT2D eigenvalue weighted by Crippen LogP contribution is 2.30. The van der Waals surface area contributed by atoms with Gasteiger partial charge in [-0.2, -0.15) is 5.26 Å². The van der Waals surface area contributed by atoms with Crippen molar-refractivity contribution in [2.45, 2.75) is 44.2 Å². The van der Waals surface area contributed by atoms with E-state index in [-0.39, 0.29) is 11.9 Å². The summed E-state index contributed by atoms with van der Waals surface area (Å²) in [5.74, 6) is 0.284. The molecule has 1 N–H and O–H groups in total. The smallest absolute Gasteiger partial charge is 0.129 e. The van der Waals surface area contributed by atoms with Crippen LogP contribution in [0.5, 0.6) is 5.75 Å². The van der Waals surface area contributed by atoms with Gasteiger partial charge in [-0.1, -0.05) is 6.07 Å². The molecule has 19 heavy (non-hydrogen) atoms. The fourth-order valence-electron chi connectivity index (χ4n) is 2.55. The molecule has 102 valence electrons. The van der Waals surface area contributed by atoms with E-state index in [1.807, 2.05) is 0 Å². The molecule has 1 aliphatic rings. The fourth-order valence-corrected chi connectivity index (χ4v) is 2.55. The summed E-state index contributed by atoms with van der Waals surface area (Å²) in [4.78, 5) is 0. The lowest BCUT2D eigenvalue weighted by Gasteiger charge is -2.35. The molecule has 2 rings (SSSR count). The molecule has 4 heteroatoms. The minimum Gasteiger partial charge on any atom is -0.490 e. The van der Waals surface area contributed by atoms with Crippen LogP contribution < -0.4 is 10.1 Å². The normalized spacial score (nSPS) is 26.7. The van der Waals surface area contributed by atoms with Crippen LogP contribution in [0.1, 0.15) is 31.2 Å². The first-order chi connectivity index (χ1) is 9.08. The Morgan fingerprint density at radius 1 is 1.53 bits per heavy atom. The number of ether oxygens (including phenoxy) is 1. The summed E-state index contributed by atoms with van der Waals surface area (Å²) in [7, 11) is 1.80. The van der Waals surface area contributed by atoms with Crippen molar-refractivity contribution in [3.05, 3.63) is 29.6 Å². The fraction of sp³-hybridized carbons (Fsp3) is 0.533. The average molecular weight is 262 g/mol. The number of hydrogen-bond acceptors (Lipinski definition) is 3. The molecule has 0 aromatic heterocycles. The number of rotatable bonds is 3.